The molecule has 3 rings (SSSR count). The van der Waals surface area contributed by atoms with Crippen molar-refractivity contribution in [1.29, 1.82) is 0 Å². The second-order valence-electron chi connectivity index (χ2n) is 7.25. The number of anilines is 1. The molecule has 32 heavy (non-hydrogen) atoms. The SMILES string of the molecule is Cc1ccc([C@H](CC(=O)O)NC(=O)Nc2cccn(Cc3ccc(F)cc3F)c2=O)cc1. The van der Waals surface area contributed by atoms with Crippen molar-refractivity contribution in [3.8, 4) is 0 Å². The minimum Gasteiger partial charge on any atom is -0.481 e. The van der Waals surface area contributed by atoms with Gasteiger partial charge in [0.1, 0.15) is 17.3 Å². The van der Waals surface area contributed by atoms with Crippen LogP contribution in [0.5, 0.6) is 0 Å². The summed E-state index contributed by atoms with van der Waals surface area (Å²) in [6.45, 7) is 1.72. The molecule has 0 aliphatic rings. The number of rotatable bonds is 7. The summed E-state index contributed by atoms with van der Waals surface area (Å²) >= 11 is 0. The van der Waals surface area contributed by atoms with Gasteiger partial charge in [0.2, 0.25) is 0 Å². The smallest absolute Gasteiger partial charge is 0.319 e. The number of carbonyl (C=O) groups excluding carboxylic acids is 1. The Balaban J connectivity index is 1.76. The van der Waals surface area contributed by atoms with Crippen LogP contribution in [0.25, 0.3) is 0 Å². The summed E-state index contributed by atoms with van der Waals surface area (Å²) in [7, 11) is 0. The molecule has 0 aliphatic heterocycles. The maximum atomic E-state index is 13.9. The van der Waals surface area contributed by atoms with Crippen LogP contribution in [-0.2, 0) is 11.3 Å². The van der Waals surface area contributed by atoms with Crippen LogP contribution in [0.2, 0.25) is 0 Å². The normalized spacial score (nSPS) is 11.6. The molecule has 1 heterocycles. The zero-order valence-corrected chi connectivity index (χ0v) is 17.1. The van der Waals surface area contributed by atoms with Crippen molar-refractivity contribution in [3.63, 3.8) is 0 Å². The highest BCUT2D eigenvalue weighted by Gasteiger charge is 2.19. The Bertz CT molecular complexity index is 1190. The van der Waals surface area contributed by atoms with Gasteiger partial charge in [0, 0.05) is 17.8 Å². The molecule has 0 fully saturated rings. The monoisotopic (exact) mass is 441 g/mol. The summed E-state index contributed by atoms with van der Waals surface area (Å²) in [5.41, 5.74) is 1.01. The van der Waals surface area contributed by atoms with Crippen molar-refractivity contribution < 1.29 is 23.5 Å². The second kappa shape index (κ2) is 9.86. The Morgan fingerprint density at radius 2 is 1.81 bits per heavy atom. The standard InChI is InChI=1S/C23H21F2N3O4/c1-14-4-6-15(7-5-14)20(12-21(29)30)27-23(32)26-19-3-2-10-28(22(19)31)13-16-8-9-17(24)11-18(16)25/h2-11,20H,12-13H2,1H3,(H,29,30)(H2,26,27,32)/t20-/m0/s1. The van der Waals surface area contributed by atoms with E-state index >= 15 is 0 Å². The molecule has 0 saturated carbocycles. The van der Waals surface area contributed by atoms with E-state index in [9.17, 15) is 28.3 Å². The summed E-state index contributed by atoms with van der Waals surface area (Å²) in [5, 5.41) is 14.2. The van der Waals surface area contributed by atoms with E-state index in [1.54, 1.807) is 24.3 Å². The molecule has 0 unspecified atom stereocenters. The van der Waals surface area contributed by atoms with Crippen molar-refractivity contribution >= 4 is 17.7 Å². The Morgan fingerprint density at radius 3 is 2.47 bits per heavy atom. The number of aryl methyl sites for hydroxylation is 1. The molecule has 0 saturated heterocycles. The maximum absolute atomic E-state index is 13.9. The molecule has 3 N–H and O–H groups in total. The molecule has 9 heteroatoms. The maximum Gasteiger partial charge on any atom is 0.319 e. The molecule has 2 amide bonds. The van der Waals surface area contributed by atoms with Crippen LogP contribution in [-0.4, -0.2) is 21.7 Å². The molecule has 0 radical (unpaired) electrons. The van der Waals surface area contributed by atoms with Crippen molar-refractivity contribution in [2.75, 3.05) is 5.32 Å². The van der Waals surface area contributed by atoms with E-state index in [-0.39, 0.29) is 24.2 Å². The van der Waals surface area contributed by atoms with Crippen LogP contribution in [0.1, 0.15) is 29.2 Å². The fourth-order valence-electron chi connectivity index (χ4n) is 3.13. The van der Waals surface area contributed by atoms with Crippen molar-refractivity contribution in [1.82, 2.24) is 9.88 Å². The Labute approximate surface area is 182 Å². The van der Waals surface area contributed by atoms with Crippen LogP contribution in [0.15, 0.2) is 65.6 Å². The number of hydrogen-bond donors (Lipinski definition) is 3. The first-order valence-corrected chi connectivity index (χ1v) is 9.72. The Morgan fingerprint density at radius 1 is 1.09 bits per heavy atom. The van der Waals surface area contributed by atoms with Crippen LogP contribution in [0, 0.1) is 18.6 Å². The molecule has 0 bridgehead atoms. The minimum absolute atomic E-state index is 0.0782. The molecule has 3 aromatic rings. The first-order valence-electron chi connectivity index (χ1n) is 9.72. The van der Waals surface area contributed by atoms with Gasteiger partial charge in [-0.3, -0.25) is 9.59 Å². The lowest BCUT2D eigenvalue weighted by atomic mass is 10.0. The van der Waals surface area contributed by atoms with E-state index in [2.05, 4.69) is 10.6 Å². The average Bonchev–Trinajstić information content (AvgIpc) is 2.72. The number of carboxylic acids is 1. The zero-order chi connectivity index (χ0) is 23.3. The summed E-state index contributed by atoms with van der Waals surface area (Å²) in [6, 6.07) is 11.4. The average molecular weight is 441 g/mol. The minimum atomic E-state index is -1.10. The first kappa shape index (κ1) is 22.7. The van der Waals surface area contributed by atoms with Crippen molar-refractivity contribution in [3.05, 3.63) is 99.5 Å². The zero-order valence-electron chi connectivity index (χ0n) is 17.1. The summed E-state index contributed by atoms with van der Waals surface area (Å²) in [4.78, 5) is 36.4. The van der Waals surface area contributed by atoms with Gasteiger partial charge in [0.15, 0.2) is 0 Å². The lowest BCUT2D eigenvalue weighted by Crippen LogP contribution is -2.36. The number of aromatic nitrogens is 1. The molecule has 7 nitrogen and oxygen atoms in total. The third-order valence-electron chi connectivity index (χ3n) is 4.79. The van der Waals surface area contributed by atoms with E-state index in [1.165, 1.54) is 29.0 Å². The quantitative estimate of drug-likeness (QED) is 0.519. The molecule has 1 atom stereocenters. The number of nitrogens with zero attached hydrogens (tertiary/aromatic N) is 1. The van der Waals surface area contributed by atoms with Gasteiger partial charge in [-0.2, -0.15) is 0 Å². The first-order chi connectivity index (χ1) is 15.2. The topological polar surface area (TPSA) is 100 Å². The van der Waals surface area contributed by atoms with Crippen LogP contribution in [0.3, 0.4) is 0 Å². The predicted octanol–water partition coefficient (Wildman–Crippen LogP) is 3.82. The highest BCUT2D eigenvalue weighted by atomic mass is 19.1. The predicted molar refractivity (Wildman–Crippen MR) is 114 cm³/mol. The third kappa shape index (κ3) is 5.78. The molecule has 2 aromatic carbocycles. The molecule has 0 spiro atoms. The number of amides is 2. The largest absolute Gasteiger partial charge is 0.481 e. The van der Waals surface area contributed by atoms with Gasteiger partial charge in [-0.15, -0.1) is 0 Å². The van der Waals surface area contributed by atoms with Gasteiger partial charge in [0.05, 0.1) is 19.0 Å². The van der Waals surface area contributed by atoms with Gasteiger partial charge in [0.25, 0.3) is 5.56 Å². The number of hydrogen-bond acceptors (Lipinski definition) is 3. The summed E-state index contributed by atoms with van der Waals surface area (Å²) in [6.07, 6.45) is 1.06. The summed E-state index contributed by atoms with van der Waals surface area (Å²) < 4.78 is 28.2. The van der Waals surface area contributed by atoms with E-state index < -0.39 is 35.2 Å². The third-order valence-corrected chi connectivity index (χ3v) is 4.79. The van der Waals surface area contributed by atoms with Crippen LogP contribution >= 0.6 is 0 Å². The number of halogens is 2. The van der Waals surface area contributed by atoms with Gasteiger partial charge in [-0.05, 0) is 30.7 Å². The Kier molecular flexibility index (Phi) is 6.99. The highest BCUT2D eigenvalue weighted by molar-refractivity contribution is 5.89. The lowest BCUT2D eigenvalue weighted by molar-refractivity contribution is -0.137. The van der Waals surface area contributed by atoms with Gasteiger partial charge in [-0.1, -0.05) is 35.9 Å². The lowest BCUT2D eigenvalue weighted by Gasteiger charge is -2.18. The van der Waals surface area contributed by atoms with Gasteiger partial charge < -0.3 is 20.3 Å². The highest BCUT2D eigenvalue weighted by Crippen LogP contribution is 2.18. The number of aliphatic carboxylic acids is 1. The molecule has 166 valence electrons. The van der Waals surface area contributed by atoms with Crippen molar-refractivity contribution in [2.24, 2.45) is 0 Å². The van der Waals surface area contributed by atoms with Crippen molar-refractivity contribution in [2.45, 2.75) is 25.9 Å². The van der Waals surface area contributed by atoms with Crippen LogP contribution < -0.4 is 16.2 Å². The molecule has 0 aliphatic carbocycles. The van der Waals surface area contributed by atoms with E-state index in [1.807, 2.05) is 6.92 Å². The molecule has 1 aromatic heterocycles. The Hall–Kier alpha value is -4.01. The molecular weight excluding hydrogens is 420 g/mol. The summed E-state index contributed by atoms with van der Waals surface area (Å²) in [5.74, 6) is -2.61. The van der Waals surface area contributed by atoms with Gasteiger partial charge >= 0.3 is 12.0 Å². The van der Waals surface area contributed by atoms with E-state index in [0.29, 0.717) is 5.56 Å². The van der Waals surface area contributed by atoms with E-state index in [4.69, 9.17) is 0 Å². The fourth-order valence-corrected chi connectivity index (χ4v) is 3.13. The van der Waals surface area contributed by atoms with Crippen LogP contribution in [0.4, 0.5) is 19.3 Å². The number of carboxylic acid groups (broad SMARTS) is 1. The second-order valence-corrected chi connectivity index (χ2v) is 7.25. The molecular formula is C23H21F2N3O4. The number of urea groups is 1. The fraction of sp³-hybridized carbons (Fsp3) is 0.174. The van der Waals surface area contributed by atoms with E-state index in [0.717, 1.165) is 17.7 Å². The number of nitrogens with one attached hydrogen (secondary N) is 2. The number of benzene rings is 2. The number of pyridine rings is 1. The number of carbonyl (C=O) groups is 2. The van der Waals surface area contributed by atoms with Gasteiger partial charge in [-0.25, -0.2) is 13.6 Å².